The molecular weight excluding hydrogens is 432 g/mol. The van der Waals surface area contributed by atoms with Crippen LogP contribution in [0.1, 0.15) is 114 Å². The topological polar surface area (TPSA) is 46.5 Å². The summed E-state index contributed by atoms with van der Waals surface area (Å²) in [6.07, 6.45) is 11.4. The van der Waals surface area contributed by atoms with Gasteiger partial charge in [0.05, 0.1) is 6.10 Å². The van der Waals surface area contributed by atoms with Crippen LogP contribution in [0.2, 0.25) is 0 Å². The van der Waals surface area contributed by atoms with Crippen LogP contribution in [0.3, 0.4) is 0 Å². The summed E-state index contributed by atoms with van der Waals surface area (Å²) < 4.78 is 5.85. The Hall–Kier alpha value is -0.830. The van der Waals surface area contributed by atoms with Gasteiger partial charge in [-0.1, -0.05) is 60.1 Å². The van der Waals surface area contributed by atoms with E-state index in [1.807, 2.05) is 0 Å². The minimum Gasteiger partial charge on any atom is -0.462 e. The first kappa shape index (κ1) is 25.8. The minimum absolute atomic E-state index is 0.0787. The number of aliphatic hydroxyl groups excluding tert-OH is 1. The van der Waals surface area contributed by atoms with E-state index in [0.717, 1.165) is 31.1 Å². The molecule has 0 unspecified atom stereocenters. The van der Waals surface area contributed by atoms with Gasteiger partial charge in [0.2, 0.25) is 0 Å². The lowest BCUT2D eigenvalue weighted by Gasteiger charge is -2.74. The van der Waals surface area contributed by atoms with Crippen molar-refractivity contribution in [2.45, 2.75) is 126 Å². The second kappa shape index (κ2) is 7.84. The van der Waals surface area contributed by atoms with Gasteiger partial charge < -0.3 is 9.84 Å². The molecule has 0 amide bonds. The van der Waals surface area contributed by atoms with Gasteiger partial charge in [0, 0.05) is 12.3 Å². The van der Waals surface area contributed by atoms with Gasteiger partial charge >= 0.3 is 5.97 Å². The number of carbonyl (C=O) groups excluding carboxylic acids is 1. The number of hydrogen-bond donors (Lipinski definition) is 1. The highest BCUT2D eigenvalue weighted by atomic mass is 16.5. The molecule has 11 atom stereocenters. The van der Waals surface area contributed by atoms with Crippen molar-refractivity contribution in [3.05, 3.63) is 11.6 Å². The summed E-state index contributed by atoms with van der Waals surface area (Å²) in [5, 5.41) is 12.0. The summed E-state index contributed by atoms with van der Waals surface area (Å²) in [6.45, 7) is 21.2. The summed E-state index contributed by atoms with van der Waals surface area (Å²) in [7, 11) is 0. The Balaban J connectivity index is 1.54. The molecule has 4 saturated carbocycles. The Bertz CT molecular complexity index is 920. The number of ether oxygens (including phenoxy) is 1. The SMILES string of the molecule is CC(=O)O[C@@H]1CC[C@@]2(C)[C@H]([C@H](O)C[C@]3(C)[C@@H]2CC[C@H]2[C@@H]4[C@H](C)C(C)=CC[C@]4(C)CC[C@]23C)C1(C)C. The van der Waals surface area contributed by atoms with E-state index < -0.39 is 0 Å². The highest BCUT2D eigenvalue weighted by molar-refractivity contribution is 5.66. The lowest BCUT2D eigenvalue weighted by Crippen LogP contribution is -2.70. The van der Waals surface area contributed by atoms with Crippen LogP contribution in [0.5, 0.6) is 0 Å². The Morgan fingerprint density at radius 2 is 1.69 bits per heavy atom. The maximum atomic E-state index is 12.0. The van der Waals surface area contributed by atoms with Gasteiger partial charge in [-0.05, 0) is 110 Å². The fraction of sp³-hybridized carbons (Fsp3) is 0.906. The number of esters is 1. The fourth-order valence-electron chi connectivity index (χ4n) is 11.8. The van der Waals surface area contributed by atoms with Crippen LogP contribution in [0.15, 0.2) is 11.6 Å². The molecular formula is C32H52O3. The molecule has 0 aromatic heterocycles. The number of allylic oxidation sites excluding steroid dienone is 2. The van der Waals surface area contributed by atoms with E-state index in [9.17, 15) is 9.90 Å². The molecule has 198 valence electrons. The maximum Gasteiger partial charge on any atom is 0.302 e. The Morgan fingerprint density at radius 3 is 2.34 bits per heavy atom. The highest BCUT2D eigenvalue weighted by Gasteiger charge is 2.71. The molecule has 3 nitrogen and oxygen atoms in total. The summed E-state index contributed by atoms with van der Waals surface area (Å²) in [6, 6.07) is 0. The average Bonchev–Trinajstić information content (AvgIpc) is 2.74. The van der Waals surface area contributed by atoms with E-state index in [1.54, 1.807) is 5.57 Å². The van der Waals surface area contributed by atoms with Crippen LogP contribution < -0.4 is 0 Å². The van der Waals surface area contributed by atoms with Gasteiger partial charge in [0.25, 0.3) is 0 Å². The quantitative estimate of drug-likeness (QED) is 0.308. The normalized spacial score (nSPS) is 54.9. The maximum absolute atomic E-state index is 12.0. The molecule has 4 fully saturated rings. The van der Waals surface area contributed by atoms with Gasteiger partial charge in [-0.2, -0.15) is 0 Å². The molecule has 0 aromatic rings. The van der Waals surface area contributed by atoms with Crippen LogP contribution in [-0.4, -0.2) is 23.3 Å². The zero-order valence-corrected chi connectivity index (χ0v) is 24.0. The monoisotopic (exact) mass is 484 g/mol. The third kappa shape index (κ3) is 3.28. The second-order valence-electron chi connectivity index (χ2n) is 15.4. The highest BCUT2D eigenvalue weighted by Crippen LogP contribution is 2.76. The van der Waals surface area contributed by atoms with Crippen LogP contribution >= 0.6 is 0 Å². The van der Waals surface area contributed by atoms with Crippen molar-refractivity contribution >= 4 is 5.97 Å². The number of rotatable bonds is 1. The second-order valence-corrected chi connectivity index (χ2v) is 15.4. The van der Waals surface area contributed by atoms with Gasteiger partial charge in [-0.3, -0.25) is 4.79 Å². The van der Waals surface area contributed by atoms with Crippen LogP contribution in [0, 0.1) is 56.7 Å². The van der Waals surface area contributed by atoms with Crippen LogP contribution in [0.4, 0.5) is 0 Å². The van der Waals surface area contributed by atoms with E-state index >= 15 is 0 Å². The molecule has 0 heterocycles. The van der Waals surface area contributed by atoms with Crippen LogP contribution in [-0.2, 0) is 9.53 Å². The zero-order chi connectivity index (χ0) is 25.8. The van der Waals surface area contributed by atoms with Crippen molar-refractivity contribution in [2.75, 3.05) is 0 Å². The Morgan fingerprint density at radius 1 is 1.00 bits per heavy atom. The molecule has 0 saturated heterocycles. The number of carbonyl (C=O) groups is 1. The van der Waals surface area contributed by atoms with E-state index in [1.165, 1.54) is 39.0 Å². The number of fused-ring (bicyclic) bond motifs is 7. The first-order valence-corrected chi connectivity index (χ1v) is 14.6. The first-order chi connectivity index (χ1) is 16.1. The smallest absolute Gasteiger partial charge is 0.302 e. The van der Waals surface area contributed by atoms with E-state index in [-0.39, 0.29) is 45.8 Å². The fourth-order valence-corrected chi connectivity index (χ4v) is 11.8. The van der Waals surface area contributed by atoms with Crippen molar-refractivity contribution in [2.24, 2.45) is 56.7 Å². The minimum atomic E-state index is -0.344. The molecule has 5 aliphatic rings. The van der Waals surface area contributed by atoms with Gasteiger partial charge in [-0.25, -0.2) is 0 Å². The van der Waals surface area contributed by atoms with E-state index in [0.29, 0.717) is 17.3 Å². The molecule has 0 spiro atoms. The van der Waals surface area contributed by atoms with Crippen molar-refractivity contribution in [1.29, 1.82) is 0 Å². The molecule has 0 radical (unpaired) electrons. The average molecular weight is 485 g/mol. The third-order valence-electron chi connectivity index (χ3n) is 13.7. The lowest BCUT2D eigenvalue weighted by molar-refractivity contribution is -0.278. The molecule has 35 heavy (non-hydrogen) atoms. The van der Waals surface area contributed by atoms with E-state index in [2.05, 4.69) is 61.5 Å². The van der Waals surface area contributed by atoms with Crippen molar-refractivity contribution in [3.63, 3.8) is 0 Å². The lowest BCUT2D eigenvalue weighted by atomic mass is 9.31. The van der Waals surface area contributed by atoms with Crippen molar-refractivity contribution in [1.82, 2.24) is 0 Å². The van der Waals surface area contributed by atoms with Crippen molar-refractivity contribution in [3.8, 4) is 0 Å². The molecule has 5 rings (SSSR count). The first-order valence-electron chi connectivity index (χ1n) is 14.6. The van der Waals surface area contributed by atoms with Gasteiger partial charge in [0.1, 0.15) is 6.10 Å². The zero-order valence-electron chi connectivity index (χ0n) is 24.0. The predicted octanol–water partition coefficient (Wildman–Crippen LogP) is 7.57. The Labute approximate surface area is 214 Å². The summed E-state index contributed by atoms with van der Waals surface area (Å²) in [5.74, 6) is 2.74. The van der Waals surface area contributed by atoms with Gasteiger partial charge in [-0.15, -0.1) is 0 Å². The number of hydrogen-bond acceptors (Lipinski definition) is 3. The molecule has 0 aliphatic heterocycles. The van der Waals surface area contributed by atoms with E-state index in [4.69, 9.17) is 4.74 Å². The molecule has 0 bridgehead atoms. The van der Waals surface area contributed by atoms with Crippen LogP contribution in [0.25, 0.3) is 0 Å². The molecule has 1 N–H and O–H groups in total. The molecule has 3 heteroatoms. The Kier molecular flexibility index (Phi) is 5.78. The molecule has 0 aromatic carbocycles. The largest absolute Gasteiger partial charge is 0.462 e. The summed E-state index contributed by atoms with van der Waals surface area (Å²) in [5.41, 5.74) is 2.29. The standard InChI is InChI=1S/C32H52O3/c1-19-12-14-29(6)16-17-31(8)22(26(29)20(19)2)10-11-24-30(7)15-13-25(35-21(3)33)28(4,5)27(30)23(34)18-32(24,31)9/h12,20,22-27,34H,10-11,13-18H2,1-9H3/t20-,22+,23-,24-,25-,26+,27-,29-,30-,31-,32-/m1/s1. The number of aliphatic hydroxyl groups is 1. The summed E-state index contributed by atoms with van der Waals surface area (Å²) in [4.78, 5) is 11.9. The van der Waals surface area contributed by atoms with Crippen molar-refractivity contribution < 1.29 is 14.6 Å². The predicted molar refractivity (Wildman–Crippen MR) is 142 cm³/mol. The van der Waals surface area contributed by atoms with Gasteiger partial charge in [0.15, 0.2) is 0 Å². The molecule has 5 aliphatic carbocycles. The summed E-state index contributed by atoms with van der Waals surface area (Å²) >= 11 is 0. The third-order valence-corrected chi connectivity index (χ3v) is 13.7.